The smallest absolute Gasteiger partial charge is 0.263 e. The van der Waals surface area contributed by atoms with Crippen LogP contribution in [0.5, 0.6) is 0 Å². The third kappa shape index (κ3) is 5.27. The number of carbonyl (C=O) groups excluding carboxylic acids is 1. The molecule has 11 heteroatoms. The normalized spacial score (nSPS) is 21.2. The second-order valence-corrected chi connectivity index (χ2v) is 12.3. The quantitative estimate of drug-likeness (QED) is 0.586. The number of hydrogen-bond acceptors (Lipinski definition) is 6. The largest absolute Gasteiger partial charge is 0.369 e. The van der Waals surface area contributed by atoms with Gasteiger partial charge in [0.15, 0.2) is 0 Å². The van der Waals surface area contributed by atoms with Crippen molar-refractivity contribution in [2.24, 2.45) is 7.05 Å². The lowest BCUT2D eigenvalue weighted by Gasteiger charge is -2.40. The van der Waals surface area contributed by atoms with Gasteiger partial charge in [-0.05, 0) is 63.0 Å². The molecule has 1 aromatic carbocycles. The van der Waals surface area contributed by atoms with E-state index in [0.29, 0.717) is 50.3 Å². The van der Waals surface area contributed by atoms with Crippen molar-refractivity contribution in [3.63, 3.8) is 0 Å². The number of piperazine rings is 1. The van der Waals surface area contributed by atoms with Gasteiger partial charge in [-0.25, -0.2) is 8.42 Å². The van der Waals surface area contributed by atoms with Crippen molar-refractivity contribution >= 4 is 33.2 Å². The molecule has 3 saturated heterocycles. The standard InChI is InChI=1S/C25H35ClN6O3S/c1-28-19-23(25(33)31-13-9-22(10-14-31)29-11-3-2-4-12-29)24(27-28)36(34,35)32-17-15-30(16-18-32)21-7-5-20(26)6-8-21/h5-8,19,22H,2-4,9-18H2,1H3. The maximum absolute atomic E-state index is 13.6. The molecule has 9 nitrogen and oxygen atoms in total. The summed E-state index contributed by atoms with van der Waals surface area (Å²) in [6, 6.07) is 8.07. The van der Waals surface area contributed by atoms with Gasteiger partial charge in [0.05, 0.1) is 5.56 Å². The van der Waals surface area contributed by atoms with Crippen LogP contribution in [0.25, 0.3) is 0 Å². The molecule has 2 aromatic rings. The molecule has 1 aromatic heterocycles. The lowest BCUT2D eigenvalue weighted by Crippen LogP contribution is -2.49. The van der Waals surface area contributed by atoms with Crippen LogP contribution in [0.2, 0.25) is 5.02 Å². The van der Waals surface area contributed by atoms with E-state index in [1.807, 2.05) is 24.3 Å². The molecule has 0 spiro atoms. The van der Waals surface area contributed by atoms with E-state index in [0.717, 1.165) is 31.6 Å². The topological polar surface area (TPSA) is 82.0 Å². The van der Waals surface area contributed by atoms with Crippen molar-refractivity contribution in [2.45, 2.75) is 43.2 Å². The Hall–Kier alpha value is -2.14. The number of rotatable bonds is 5. The van der Waals surface area contributed by atoms with Gasteiger partial charge in [0.2, 0.25) is 5.03 Å². The van der Waals surface area contributed by atoms with E-state index < -0.39 is 10.0 Å². The van der Waals surface area contributed by atoms with Gasteiger partial charge >= 0.3 is 0 Å². The average Bonchev–Trinajstić information content (AvgIpc) is 3.32. The highest BCUT2D eigenvalue weighted by Gasteiger charge is 2.37. The molecule has 0 aliphatic carbocycles. The highest BCUT2D eigenvalue weighted by atomic mass is 35.5. The number of sulfonamides is 1. The van der Waals surface area contributed by atoms with Crippen LogP contribution in [0.4, 0.5) is 5.69 Å². The van der Waals surface area contributed by atoms with Gasteiger partial charge < -0.3 is 14.7 Å². The Morgan fingerprint density at radius 3 is 2.19 bits per heavy atom. The van der Waals surface area contributed by atoms with Crippen molar-refractivity contribution in [1.29, 1.82) is 0 Å². The number of carbonyl (C=O) groups is 1. The van der Waals surface area contributed by atoms with Gasteiger partial charge in [0.1, 0.15) is 0 Å². The summed E-state index contributed by atoms with van der Waals surface area (Å²) in [6.45, 7) is 5.36. The summed E-state index contributed by atoms with van der Waals surface area (Å²) >= 11 is 5.99. The molecule has 0 saturated carbocycles. The molecule has 3 aliphatic rings. The summed E-state index contributed by atoms with van der Waals surface area (Å²) in [5.74, 6) is -0.237. The van der Waals surface area contributed by atoms with Gasteiger partial charge in [-0.2, -0.15) is 9.40 Å². The Labute approximate surface area is 218 Å². The Bertz CT molecular complexity index is 1160. The van der Waals surface area contributed by atoms with Gasteiger partial charge in [-0.15, -0.1) is 0 Å². The SMILES string of the molecule is Cn1cc(C(=O)N2CCC(N3CCCCC3)CC2)c(S(=O)(=O)N2CCN(c3ccc(Cl)cc3)CC2)n1. The van der Waals surface area contributed by atoms with Crippen LogP contribution >= 0.6 is 11.6 Å². The van der Waals surface area contributed by atoms with Crippen LogP contribution in [0, 0.1) is 0 Å². The Balaban J connectivity index is 1.25. The second kappa shape index (κ2) is 10.7. The number of nitrogens with zero attached hydrogens (tertiary/aromatic N) is 6. The van der Waals surface area contributed by atoms with Crippen molar-refractivity contribution in [3.05, 3.63) is 41.0 Å². The zero-order chi connectivity index (χ0) is 25.3. The first-order valence-corrected chi connectivity index (χ1v) is 14.7. The summed E-state index contributed by atoms with van der Waals surface area (Å²) in [5.41, 5.74) is 1.19. The molecule has 36 heavy (non-hydrogen) atoms. The van der Waals surface area contributed by atoms with Gasteiger partial charge in [-0.1, -0.05) is 18.0 Å². The molecular formula is C25H35ClN6O3S. The molecule has 5 rings (SSSR count). The fourth-order valence-corrected chi connectivity index (χ4v) is 7.32. The molecule has 4 heterocycles. The number of halogens is 1. The van der Waals surface area contributed by atoms with Crippen LogP contribution in [0.15, 0.2) is 35.5 Å². The predicted octanol–water partition coefficient (Wildman–Crippen LogP) is 2.67. The fourth-order valence-electron chi connectivity index (χ4n) is 5.65. The van der Waals surface area contributed by atoms with E-state index in [2.05, 4.69) is 14.9 Å². The minimum atomic E-state index is -3.90. The van der Waals surface area contributed by atoms with Crippen LogP contribution in [0.1, 0.15) is 42.5 Å². The van der Waals surface area contributed by atoms with E-state index in [-0.39, 0.29) is 16.5 Å². The Morgan fingerprint density at radius 1 is 0.917 bits per heavy atom. The van der Waals surface area contributed by atoms with E-state index in [1.165, 1.54) is 28.2 Å². The van der Waals surface area contributed by atoms with E-state index in [1.54, 1.807) is 18.1 Å². The van der Waals surface area contributed by atoms with Crippen molar-refractivity contribution in [2.75, 3.05) is 57.3 Å². The number of amides is 1. The van der Waals surface area contributed by atoms with Gasteiger partial charge in [-0.3, -0.25) is 9.48 Å². The van der Waals surface area contributed by atoms with Crippen LogP contribution in [-0.4, -0.2) is 96.6 Å². The van der Waals surface area contributed by atoms with Crippen LogP contribution < -0.4 is 4.90 Å². The summed E-state index contributed by atoms with van der Waals surface area (Å²) in [6.07, 6.45) is 7.23. The second-order valence-electron chi connectivity index (χ2n) is 10.0. The van der Waals surface area contributed by atoms with E-state index in [4.69, 9.17) is 11.6 Å². The average molecular weight is 535 g/mol. The minimum absolute atomic E-state index is 0.131. The highest BCUT2D eigenvalue weighted by molar-refractivity contribution is 7.89. The number of anilines is 1. The predicted molar refractivity (Wildman–Crippen MR) is 140 cm³/mol. The maximum atomic E-state index is 13.6. The molecule has 0 unspecified atom stereocenters. The first-order chi connectivity index (χ1) is 17.3. The molecule has 0 bridgehead atoms. The summed E-state index contributed by atoms with van der Waals surface area (Å²) in [7, 11) is -2.23. The van der Waals surface area contributed by atoms with Crippen LogP contribution in [-0.2, 0) is 17.1 Å². The molecule has 0 atom stereocenters. The number of aromatic nitrogens is 2. The molecule has 1 amide bonds. The molecular weight excluding hydrogens is 500 g/mol. The Kier molecular flexibility index (Phi) is 7.57. The Morgan fingerprint density at radius 2 is 1.56 bits per heavy atom. The number of piperidine rings is 2. The molecule has 0 N–H and O–H groups in total. The number of likely N-dealkylation sites (tertiary alicyclic amines) is 2. The number of hydrogen-bond donors (Lipinski definition) is 0. The van der Waals surface area contributed by atoms with Crippen molar-refractivity contribution in [3.8, 4) is 0 Å². The maximum Gasteiger partial charge on any atom is 0.263 e. The highest BCUT2D eigenvalue weighted by Crippen LogP contribution is 2.26. The third-order valence-corrected chi connectivity index (χ3v) is 9.79. The monoisotopic (exact) mass is 534 g/mol. The molecule has 3 fully saturated rings. The van der Waals surface area contributed by atoms with Crippen molar-refractivity contribution < 1.29 is 13.2 Å². The number of aryl methyl sites for hydroxylation is 1. The summed E-state index contributed by atoms with van der Waals surface area (Å²) < 4.78 is 30.1. The van der Waals surface area contributed by atoms with Gasteiger partial charge in [0, 0.05) is 69.3 Å². The lowest BCUT2D eigenvalue weighted by atomic mass is 9.99. The first kappa shape index (κ1) is 25.5. The first-order valence-electron chi connectivity index (χ1n) is 12.9. The molecule has 0 radical (unpaired) electrons. The zero-order valence-corrected chi connectivity index (χ0v) is 22.4. The van der Waals surface area contributed by atoms with Crippen molar-refractivity contribution in [1.82, 2.24) is 23.9 Å². The number of benzene rings is 1. The van der Waals surface area contributed by atoms with E-state index in [9.17, 15) is 13.2 Å². The summed E-state index contributed by atoms with van der Waals surface area (Å²) in [4.78, 5) is 20.0. The van der Waals surface area contributed by atoms with Gasteiger partial charge in [0.25, 0.3) is 15.9 Å². The molecule has 196 valence electrons. The van der Waals surface area contributed by atoms with Crippen LogP contribution in [0.3, 0.4) is 0 Å². The zero-order valence-electron chi connectivity index (χ0n) is 20.9. The molecule has 3 aliphatic heterocycles. The summed E-state index contributed by atoms with van der Waals surface area (Å²) in [5, 5.41) is 4.79. The lowest BCUT2D eigenvalue weighted by molar-refractivity contribution is 0.0586. The third-order valence-electron chi connectivity index (χ3n) is 7.70. The van der Waals surface area contributed by atoms with E-state index >= 15 is 0 Å². The fraction of sp³-hybridized carbons (Fsp3) is 0.600. The minimum Gasteiger partial charge on any atom is -0.369 e.